The zero-order chi connectivity index (χ0) is 21.2. The summed E-state index contributed by atoms with van der Waals surface area (Å²) in [7, 11) is 2.05. The Kier molecular flexibility index (Phi) is 5.40. The van der Waals surface area contributed by atoms with Crippen molar-refractivity contribution in [3.63, 3.8) is 0 Å². The Morgan fingerprint density at radius 3 is 2.68 bits per heavy atom. The summed E-state index contributed by atoms with van der Waals surface area (Å²) in [6, 6.07) is 16.9. The van der Waals surface area contributed by atoms with E-state index in [-0.39, 0.29) is 0 Å². The Balaban J connectivity index is 1.47. The van der Waals surface area contributed by atoms with Crippen LogP contribution in [-0.2, 0) is 6.54 Å². The maximum Gasteiger partial charge on any atom is 0.192 e. The summed E-state index contributed by atoms with van der Waals surface area (Å²) < 4.78 is 0. The van der Waals surface area contributed by atoms with E-state index in [0.29, 0.717) is 18.4 Å². The molecule has 0 radical (unpaired) electrons. The van der Waals surface area contributed by atoms with Crippen LogP contribution in [0.1, 0.15) is 24.1 Å². The summed E-state index contributed by atoms with van der Waals surface area (Å²) in [4.78, 5) is 7.26. The minimum absolute atomic E-state index is 0.294. The molecule has 1 fully saturated rings. The molecule has 8 heteroatoms. The fraction of sp³-hybridized carbons (Fsp3) is 0.348. The second kappa shape index (κ2) is 8.49. The normalized spacial score (nSPS) is 18.5. The van der Waals surface area contributed by atoms with Crippen molar-refractivity contribution in [2.24, 2.45) is 0 Å². The van der Waals surface area contributed by atoms with Gasteiger partial charge in [0.05, 0.1) is 11.7 Å². The van der Waals surface area contributed by atoms with Gasteiger partial charge in [-0.2, -0.15) is 0 Å². The monoisotopic (exact) mass is 416 g/mol. The first-order valence-corrected chi connectivity index (χ1v) is 10.8. The number of nitrogens with one attached hydrogen (secondary N) is 3. The number of anilines is 3. The second-order valence-corrected chi connectivity index (χ2v) is 8.08. The van der Waals surface area contributed by atoms with Crippen LogP contribution in [0.4, 0.5) is 17.3 Å². The molecule has 160 valence electrons. The fourth-order valence-electron chi connectivity index (χ4n) is 4.08. The highest BCUT2D eigenvalue weighted by atomic mass is 15.5. The van der Waals surface area contributed by atoms with Gasteiger partial charge in [0.1, 0.15) is 0 Å². The Morgan fingerprint density at radius 2 is 1.87 bits per heavy atom. The molecule has 2 aliphatic rings. The molecule has 1 atom stereocenters. The fourth-order valence-corrected chi connectivity index (χ4v) is 4.08. The first-order chi connectivity index (χ1) is 15.2. The largest absolute Gasteiger partial charge is 0.361 e. The van der Waals surface area contributed by atoms with Crippen LogP contribution in [0.5, 0.6) is 0 Å². The van der Waals surface area contributed by atoms with Crippen molar-refractivity contribution in [2.45, 2.75) is 19.5 Å². The van der Waals surface area contributed by atoms with Crippen LogP contribution in [0.25, 0.3) is 11.4 Å². The molecule has 8 nitrogen and oxygen atoms in total. The summed E-state index contributed by atoms with van der Waals surface area (Å²) >= 11 is 0. The summed E-state index contributed by atoms with van der Waals surface area (Å²) in [5, 5.41) is 18.0. The molecule has 0 bridgehead atoms. The lowest BCUT2D eigenvalue weighted by molar-refractivity contribution is 0.342. The molecule has 0 spiro atoms. The lowest BCUT2D eigenvalue weighted by Crippen LogP contribution is -2.44. The summed E-state index contributed by atoms with van der Waals surface area (Å²) in [5.41, 5.74) is 7.95. The molecule has 3 aromatic rings. The van der Waals surface area contributed by atoms with E-state index in [1.165, 1.54) is 11.1 Å². The maximum atomic E-state index is 4.98. The predicted molar refractivity (Wildman–Crippen MR) is 124 cm³/mol. The number of nitrogens with zero attached hydrogens (tertiary/aromatic N) is 5. The third-order valence-electron chi connectivity index (χ3n) is 6.03. The average Bonchev–Trinajstić information content (AvgIpc) is 3.12. The number of hydrazine groups is 1. The van der Waals surface area contributed by atoms with Gasteiger partial charge in [-0.05, 0) is 36.2 Å². The van der Waals surface area contributed by atoms with Gasteiger partial charge >= 0.3 is 0 Å². The van der Waals surface area contributed by atoms with E-state index in [4.69, 9.17) is 4.98 Å². The van der Waals surface area contributed by atoms with Crippen molar-refractivity contribution in [3.8, 4) is 11.4 Å². The van der Waals surface area contributed by atoms with Crippen molar-refractivity contribution in [1.82, 2.24) is 25.5 Å². The first-order valence-electron chi connectivity index (χ1n) is 10.8. The molecule has 31 heavy (non-hydrogen) atoms. The molecule has 0 saturated carbocycles. The van der Waals surface area contributed by atoms with Crippen molar-refractivity contribution in [2.75, 3.05) is 48.9 Å². The van der Waals surface area contributed by atoms with Gasteiger partial charge < -0.3 is 21.0 Å². The Morgan fingerprint density at radius 1 is 1.06 bits per heavy atom. The van der Waals surface area contributed by atoms with E-state index in [0.717, 1.165) is 49.1 Å². The van der Waals surface area contributed by atoms with Crippen LogP contribution in [0.15, 0.2) is 48.5 Å². The van der Waals surface area contributed by atoms with Crippen LogP contribution < -0.4 is 21.0 Å². The van der Waals surface area contributed by atoms with Gasteiger partial charge in [0, 0.05) is 45.3 Å². The molecule has 1 unspecified atom stereocenters. The number of hydrogen-bond acceptors (Lipinski definition) is 8. The molecule has 0 amide bonds. The van der Waals surface area contributed by atoms with Crippen LogP contribution >= 0.6 is 0 Å². The molecular weight excluding hydrogens is 388 g/mol. The highest BCUT2D eigenvalue weighted by Gasteiger charge is 2.25. The number of piperazine rings is 1. The third kappa shape index (κ3) is 4.04. The zero-order valence-electron chi connectivity index (χ0n) is 18.0. The minimum Gasteiger partial charge on any atom is -0.361 e. The number of fused-ring (bicyclic) bond motifs is 1. The van der Waals surface area contributed by atoms with Gasteiger partial charge in [0.15, 0.2) is 17.5 Å². The highest BCUT2D eigenvalue weighted by molar-refractivity contribution is 5.69. The van der Waals surface area contributed by atoms with E-state index in [2.05, 4.69) is 80.5 Å². The van der Waals surface area contributed by atoms with Gasteiger partial charge in [0.25, 0.3) is 0 Å². The number of aromatic nitrogens is 3. The van der Waals surface area contributed by atoms with E-state index in [1.54, 1.807) is 0 Å². The topological polar surface area (TPSA) is 81.2 Å². The van der Waals surface area contributed by atoms with E-state index in [9.17, 15) is 0 Å². The quantitative estimate of drug-likeness (QED) is 0.586. The molecule has 3 N–H and O–H groups in total. The van der Waals surface area contributed by atoms with Crippen LogP contribution in [0.3, 0.4) is 0 Å². The van der Waals surface area contributed by atoms with E-state index in [1.807, 2.05) is 18.2 Å². The number of benzene rings is 2. The predicted octanol–water partition coefficient (Wildman–Crippen LogP) is 2.89. The summed E-state index contributed by atoms with van der Waals surface area (Å²) in [5.74, 6) is 2.25. The Hall–Kier alpha value is -3.23. The standard InChI is InChI=1S/C23H28N8/c1-16-19-14-18(8-9-20(19)29-30(16)2)21-26-23(31-12-10-24-11-13-31)22(28-27-21)25-15-17-6-4-3-5-7-17/h3-9,14,16,24,29H,10-13,15H2,1-2H3,(H,25,28). The van der Waals surface area contributed by atoms with E-state index < -0.39 is 0 Å². The van der Waals surface area contributed by atoms with Gasteiger partial charge in [-0.3, -0.25) is 0 Å². The third-order valence-corrected chi connectivity index (χ3v) is 6.03. The van der Waals surface area contributed by atoms with Crippen molar-refractivity contribution in [1.29, 1.82) is 0 Å². The molecular formula is C23H28N8. The summed E-state index contributed by atoms with van der Waals surface area (Å²) in [6.45, 7) is 6.54. The lowest BCUT2D eigenvalue weighted by atomic mass is 10.0. The molecule has 2 aliphatic heterocycles. The maximum absolute atomic E-state index is 4.98. The van der Waals surface area contributed by atoms with Crippen molar-refractivity contribution >= 4 is 17.3 Å². The van der Waals surface area contributed by atoms with Crippen LogP contribution in [0.2, 0.25) is 0 Å². The molecule has 5 rings (SSSR count). The van der Waals surface area contributed by atoms with Crippen molar-refractivity contribution in [3.05, 3.63) is 59.7 Å². The van der Waals surface area contributed by atoms with Crippen molar-refractivity contribution < 1.29 is 0 Å². The zero-order valence-corrected chi connectivity index (χ0v) is 18.0. The van der Waals surface area contributed by atoms with Crippen LogP contribution in [0, 0.1) is 0 Å². The smallest absolute Gasteiger partial charge is 0.192 e. The molecule has 1 aromatic heterocycles. The summed E-state index contributed by atoms with van der Waals surface area (Å²) in [6.07, 6.45) is 0. The van der Waals surface area contributed by atoms with Gasteiger partial charge in [-0.15, -0.1) is 10.2 Å². The Labute approximate surface area is 182 Å². The van der Waals surface area contributed by atoms with Gasteiger partial charge in [0.2, 0.25) is 0 Å². The Bertz CT molecular complexity index is 1050. The first kappa shape index (κ1) is 19.7. The molecule has 2 aromatic carbocycles. The molecule has 0 aliphatic carbocycles. The highest BCUT2D eigenvalue weighted by Crippen LogP contribution is 2.36. The number of hydrogen-bond donors (Lipinski definition) is 3. The van der Waals surface area contributed by atoms with E-state index >= 15 is 0 Å². The molecule has 3 heterocycles. The SMILES string of the molecule is CC1c2cc(-c3nnc(NCc4ccccc4)c(N4CCNCC4)n3)ccc2NN1C. The average molecular weight is 417 g/mol. The minimum atomic E-state index is 0.294. The van der Waals surface area contributed by atoms with Gasteiger partial charge in [-0.1, -0.05) is 30.3 Å². The lowest BCUT2D eigenvalue weighted by Gasteiger charge is -2.29. The number of rotatable bonds is 5. The van der Waals surface area contributed by atoms with Crippen LogP contribution in [-0.4, -0.2) is 53.4 Å². The van der Waals surface area contributed by atoms with Gasteiger partial charge in [-0.25, -0.2) is 9.99 Å². The molecule has 1 saturated heterocycles. The second-order valence-electron chi connectivity index (χ2n) is 8.08.